The normalized spacial score (nSPS) is 23.7. The predicted molar refractivity (Wildman–Crippen MR) is 102 cm³/mol. The molecule has 1 spiro atoms. The average Bonchev–Trinajstić information content (AvgIpc) is 3.17. The second-order valence-electron chi connectivity index (χ2n) is 7.94. The van der Waals surface area contributed by atoms with Gasteiger partial charge in [-0.25, -0.2) is 4.39 Å². The predicted octanol–water partition coefficient (Wildman–Crippen LogP) is 4.39. The van der Waals surface area contributed by atoms with Gasteiger partial charge in [-0.1, -0.05) is 12.1 Å². The van der Waals surface area contributed by atoms with Gasteiger partial charge in [-0.15, -0.1) is 0 Å². The first kappa shape index (κ1) is 18.2. The Kier molecular flexibility index (Phi) is 5.04. The van der Waals surface area contributed by atoms with Gasteiger partial charge in [0.2, 0.25) is 0 Å². The summed E-state index contributed by atoms with van der Waals surface area (Å²) in [5.41, 5.74) is 1.15. The summed E-state index contributed by atoms with van der Waals surface area (Å²) in [5, 5.41) is 0. The smallest absolute Gasteiger partial charge is 0.289 e. The molecule has 0 aliphatic carbocycles. The van der Waals surface area contributed by atoms with Gasteiger partial charge in [-0.3, -0.25) is 9.69 Å². The molecule has 3 heterocycles. The van der Waals surface area contributed by atoms with Crippen LogP contribution in [0.3, 0.4) is 0 Å². The highest BCUT2D eigenvalue weighted by Crippen LogP contribution is 2.39. The standard InChI is InChI=1S/C22H27FN2O2/c1-17-7-8-20(27-17)21(26)24-12-3-9-22(11-14-24)10-4-13-25(22)16-18-5-2-6-19(23)15-18/h2,5-8,15H,3-4,9-14,16H2,1H3/t22-/m0/s1. The van der Waals surface area contributed by atoms with Crippen LogP contribution in [0.4, 0.5) is 4.39 Å². The summed E-state index contributed by atoms with van der Waals surface area (Å²) in [6.07, 6.45) is 5.37. The number of nitrogens with zero attached hydrogens (tertiary/aromatic N) is 2. The summed E-state index contributed by atoms with van der Waals surface area (Å²) in [4.78, 5) is 17.2. The Morgan fingerprint density at radius 2 is 1.93 bits per heavy atom. The molecule has 2 aliphatic heterocycles. The molecule has 0 unspecified atom stereocenters. The molecule has 5 heteroatoms. The van der Waals surface area contributed by atoms with Gasteiger partial charge in [0, 0.05) is 25.2 Å². The van der Waals surface area contributed by atoms with E-state index in [-0.39, 0.29) is 17.3 Å². The molecule has 2 saturated heterocycles. The van der Waals surface area contributed by atoms with Crippen molar-refractivity contribution >= 4 is 5.91 Å². The lowest BCUT2D eigenvalue weighted by Crippen LogP contribution is -2.44. The van der Waals surface area contributed by atoms with Crippen LogP contribution in [0.5, 0.6) is 0 Å². The van der Waals surface area contributed by atoms with Gasteiger partial charge in [0.1, 0.15) is 11.6 Å². The van der Waals surface area contributed by atoms with Gasteiger partial charge in [0.05, 0.1) is 0 Å². The highest BCUT2D eigenvalue weighted by molar-refractivity contribution is 5.91. The molecule has 1 aromatic heterocycles. The Hall–Kier alpha value is -2.14. The largest absolute Gasteiger partial charge is 0.456 e. The van der Waals surface area contributed by atoms with Crippen LogP contribution in [0.1, 0.15) is 54.0 Å². The van der Waals surface area contributed by atoms with Crippen molar-refractivity contribution < 1.29 is 13.6 Å². The Balaban J connectivity index is 1.46. The molecule has 2 fully saturated rings. The van der Waals surface area contributed by atoms with Crippen LogP contribution in [-0.4, -0.2) is 40.9 Å². The summed E-state index contributed by atoms with van der Waals surface area (Å²) in [5.74, 6) is 1.02. The van der Waals surface area contributed by atoms with Crippen LogP contribution >= 0.6 is 0 Å². The maximum absolute atomic E-state index is 13.6. The molecule has 0 bridgehead atoms. The van der Waals surface area contributed by atoms with Crippen LogP contribution in [0, 0.1) is 12.7 Å². The van der Waals surface area contributed by atoms with Crippen LogP contribution in [0.2, 0.25) is 0 Å². The quantitative estimate of drug-likeness (QED) is 0.804. The Labute approximate surface area is 159 Å². The minimum absolute atomic E-state index is 0.00479. The van der Waals surface area contributed by atoms with Gasteiger partial charge in [-0.05, 0) is 75.4 Å². The molecule has 0 radical (unpaired) electrons. The molecule has 144 valence electrons. The van der Waals surface area contributed by atoms with E-state index < -0.39 is 0 Å². The lowest BCUT2D eigenvalue weighted by molar-refractivity contribution is 0.0706. The van der Waals surface area contributed by atoms with Crippen LogP contribution in [0.15, 0.2) is 40.8 Å². The first-order chi connectivity index (χ1) is 13.1. The number of rotatable bonds is 3. The molecular weight excluding hydrogens is 343 g/mol. The molecule has 1 amide bonds. The van der Waals surface area contributed by atoms with Crippen molar-refractivity contribution in [3.63, 3.8) is 0 Å². The number of carbonyl (C=O) groups is 1. The van der Waals surface area contributed by atoms with Gasteiger partial charge < -0.3 is 9.32 Å². The van der Waals surface area contributed by atoms with Crippen molar-refractivity contribution in [2.75, 3.05) is 19.6 Å². The third-order valence-electron chi connectivity index (χ3n) is 6.16. The minimum Gasteiger partial charge on any atom is -0.456 e. The van der Waals surface area contributed by atoms with Crippen molar-refractivity contribution in [1.82, 2.24) is 9.80 Å². The summed E-state index contributed by atoms with van der Waals surface area (Å²) >= 11 is 0. The molecule has 2 aromatic rings. The SMILES string of the molecule is Cc1ccc(C(=O)N2CCC[C@]3(CCCN3Cc3cccc(F)c3)CC2)o1. The molecule has 1 aromatic carbocycles. The van der Waals surface area contributed by atoms with E-state index >= 15 is 0 Å². The average molecular weight is 370 g/mol. The third-order valence-corrected chi connectivity index (χ3v) is 6.16. The van der Waals surface area contributed by atoms with E-state index in [2.05, 4.69) is 4.90 Å². The van der Waals surface area contributed by atoms with Crippen LogP contribution in [0.25, 0.3) is 0 Å². The zero-order valence-electron chi connectivity index (χ0n) is 15.9. The van der Waals surface area contributed by atoms with Crippen molar-refractivity contribution in [3.8, 4) is 0 Å². The molecule has 4 nitrogen and oxygen atoms in total. The summed E-state index contributed by atoms with van der Waals surface area (Å²) in [6.45, 7) is 5.20. The van der Waals surface area contributed by atoms with Crippen molar-refractivity contribution in [2.24, 2.45) is 0 Å². The highest BCUT2D eigenvalue weighted by atomic mass is 19.1. The number of benzene rings is 1. The fraction of sp³-hybridized carbons (Fsp3) is 0.500. The monoisotopic (exact) mass is 370 g/mol. The van der Waals surface area contributed by atoms with Gasteiger partial charge in [0.25, 0.3) is 5.91 Å². The number of aryl methyl sites for hydroxylation is 1. The van der Waals surface area contributed by atoms with Gasteiger partial charge in [0.15, 0.2) is 5.76 Å². The van der Waals surface area contributed by atoms with Crippen molar-refractivity contribution in [3.05, 3.63) is 59.3 Å². The lowest BCUT2D eigenvalue weighted by atomic mass is 9.87. The number of hydrogen-bond acceptors (Lipinski definition) is 3. The van der Waals surface area contributed by atoms with E-state index in [1.165, 1.54) is 12.5 Å². The molecule has 27 heavy (non-hydrogen) atoms. The van der Waals surface area contributed by atoms with E-state index in [0.717, 1.165) is 63.2 Å². The number of carbonyl (C=O) groups excluding carboxylic acids is 1. The maximum Gasteiger partial charge on any atom is 0.289 e. The van der Waals surface area contributed by atoms with Gasteiger partial charge in [-0.2, -0.15) is 0 Å². The number of halogens is 1. The molecule has 0 saturated carbocycles. The zero-order valence-corrected chi connectivity index (χ0v) is 15.9. The Morgan fingerprint density at radius 3 is 2.67 bits per heavy atom. The molecule has 4 rings (SSSR count). The second kappa shape index (κ2) is 7.47. The van der Waals surface area contributed by atoms with E-state index in [4.69, 9.17) is 4.42 Å². The summed E-state index contributed by atoms with van der Waals surface area (Å²) in [7, 11) is 0. The first-order valence-electron chi connectivity index (χ1n) is 9.91. The number of amides is 1. The highest BCUT2D eigenvalue weighted by Gasteiger charge is 2.42. The maximum atomic E-state index is 13.6. The Bertz CT molecular complexity index is 818. The van der Waals surface area contributed by atoms with E-state index in [1.54, 1.807) is 18.2 Å². The van der Waals surface area contributed by atoms with Crippen LogP contribution < -0.4 is 0 Å². The van der Waals surface area contributed by atoms with E-state index in [0.29, 0.717) is 5.76 Å². The topological polar surface area (TPSA) is 36.7 Å². The lowest BCUT2D eigenvalue weighted by Gasteiger charge is -2.38. The number of likely N-dealkylation sites (tertiary alicyclic amines) is 2. The second-order valence-corrected chi connectivity index (χ2v) is 7.94. The molecular formula is C22H27FN2O2. The fourth-order valence-corrected chi connectivity index (χ4v) is 4.75. The fourth-order valence-electron chi connectivity index (χ4n) is 4.75. The molecule has 0 N–H and O–H groups in total. The summed E-state index contributed by atoms with van der Waals surface area (Å²) < 4.78 is 19.1. The van der Waals surface area contributed by atoms with Gasteiger partial charge >= 0.3 is 0 Å². The third kappa shape index (κ3) is 3.79. The zero-order chi connectivity index (χ0) is 18.9. The van der Waals surface area contributed by atoms with E-state index in [1.807, 2.05) is 24.0 Å². The summed E-state index contributed by atoms with van der Waals surface area (Å²) in [6, 6.07) is 10.5. The van der Waals surface area contributed by atoms with Crippen molar-refractivity contribution in [1.29, 1.82) is 0 Å². The van der Waals surface area contributed by atoms with E-state index in [9.17, 15) is 9.18 Å². The first-order valence-corrected chi connectivity index (χ1v) is 9.91. The van der Waals surface area contributed by atoms with Crippen molar-refractivity contribution in [2.45, 2.75) is 51.1 Å². The Morgan fingerprint density at radius 1 is 1.11 bits per heavy atom. The number of furan rings is 1. The van der Waals surface area contributed by atoms with Crippen LogP contribution in [-0.2, 0) is 6.54 Å². The molecule has 1 atom stereocenters. The molecule has 2 aliphatic rings. The minimum atomic E-state index is -0.174. The number of hydrogen-bond donors (Lipinski definition) is 0.